The van der Waals surface area contributed by atoms with Crippen molar-refractivity contribution in [3.05, 3.63) is 18.0 Å². The maximum atomic E-state index is 12.2. The van der Waals surface area contributed by atoms with Crippen molar-refractivity contribution in [1.29, 1.82) is 0 Å². The maximum absolute atomic E-state index is 12.2. The molecular formula is C13H25N3O2S. The molecule has 0 aliphatic rings. The van der Waals surface area contributed by atoms with Gasteiger partial charge in [0.1, 0.15) is 0 Å². The van der Waals surface area contributed by atoms with Gasteiger partial charge in [-0.1, -0.05) is 26.7 Å². The number of nitrogens with two attached hydrogens (primary N) is 1. The fourth-order valence-electron chi connectivity index (χ4n) is 2.03. The van der Waals surface area contributed by atoms with E-state index < -0.39 is 10.0 Å². The molecule has 110 valence electrons. The van der Waals surface area contributed by atoms with Gasteiger partial charge in [0.05, 0.1) is 4.90 Å². The van der Waals surface area contributed by atoms with Crippen LogP contribution in [0.5, 0.6) is 0 Å². The maximum Gasteiger partial charge on any atom is 0.242 e. The van der Waals surface area contributed by atoms with E-state index in [0.29, 0.717) is 30.4 Å². The summed E-state index contributed by atoms with van der Waals surface area (Å²) in [5, 5.41) is 0. The first-order valence-corrected chi connectivity index (χ1v) is 8.35. The van der Waals surface area contributed by atoms with Gasteiger partial charge in [-0.15, -0.1) is 0 Å². The highest BCUT2D eigenvalue weighted by Gasteiger charge is 2.18. The van der Waals surface area contributed by atoms with E-state index in [0.717, 1.165) is 18.5 Å². The van der Waals surface area contributed by atoms with Gasteiger partial charge >= 0.3 is 0 Å². The van der Waals surface area contributed by atoms with Crippen molar-refractivity contribution >= 4 is 10.0 Å². The number of sulfonamides is 1. The topological polar surface area (TPSA) is 77.1 Å². The Morgan fingerprint density at radius 2 is 1.95 bits per heavy atom. The van der Waals surface area contributed by atoms with Crippen LogP contribution in [0.15, 0.2) is 17.2 Å². The monoisotopic (exact) mass is 287 g/mol. The highest BCUT2D eigenvalue weighted by atomic mass is 32.2. The van der Waals surface area contributed by atoms with E-state index >= 15 is 0 Å². The summed E-state index contributed by atoms with van der Waals surface area (Å²) < 4.78 is 29.0. The molecule has 0 fully saturated rings. The minimum atomic E-state index is -3.42. The van der Waals surface area contributed by atoms with Crippen LogP contribution in [0.2, 0.25) is 0 Å². The molecule has 0 amide bonds. The second-order valence-corrected chi connectivity index (χ2v) is 6.46. The summed E-state index contributed by atoms with van der Waals surface area (Å²) in [4.78, 5) is 0.306. The Balaban J connectivity index is 2.85. The molecule has 0 aliphatic carbocycles. The lowest BCUT2D eigenvalue weighted by Crippen LogP contribution is -2.28. The van der Waals surface area contributed by atoms with Crippen LogP contribution in [-0.4, -0.2) is 19.5 Å². The van der Waals surface area contributed by atoms with Gasteiger partial charge in [-0.2, -0.15) is 0 Å². The largest absolute Gasteiger partial charge is 0.349 e. The Kier molecular flexibility index (Phi) is 6.03. The highest BCUT2D eigenvalue weighted by molar-refractivity contribution is 7.89. The van der Waals surface area contributed by atoms with Gasteiger partial charge in [-0.25, -0.2) is 13.1 Å². The molecule has 0 bridgehead atoms. The Labute approximate surface area is 116 Å². The minimum Gasteiger partial charge on any atom is -0.349 e. The Morgan fingerprint density at radius 3 is 2.37 bits per heavy atom. The van der Waals surface area contributed by atoms with Crippen molar-refractivity contribution in [3.63, 3.8) is 0 Å². The fourth-order valence-corrected chi connectivity index (χ4v) is 3.21. The zero-order valence-electron chi connectivity index (χ0n) is 12.0. The van der Waals surface area contributed by atoms with Gasteiger partial charge < -0.3 is 10.3 Å². The quantitative estimate of drug-likeness (QED) is 0.763. The first kappa shape index (κ1) is 16.2. The van der Waals surface area contributed by atoms with Gasteiger partial charge in [-0.05, 0) is 18.9 Å². The van der Waals surface area contributed by atoms with E-state index in [1.807, 2.05) is 11.5 Å². The zero-order valence-corrected chi connectivity index (χ0v) is 12.8. The average Bonchev–Trinajstić information content (AvgIpc) is 2.83. The lowest BCUT2D eigenvalue weighted by atomic mass is 10.0. The van der Waals surface area contributed by atoms with Gasteiger partial charge in [0.25, 0.3) is 0 Å². The smallest absolute Gasteiger partial charge is 0.242 e. The lowest BCUT2D eigenvalue weighted by Gasteiger charge is -2.12. The molecule has 0 radical (unpaired) electrons. The van der Waals surface area contributed by atoms with E-state index in [1.54, 1.807) is 12.3 Å². The summed E-state index contributed by atoms with van der Waals surface area (Å²) in [7, 11) is -3.42. The molecule has 1 heterocycles. The van der Waals surface area contributed by atoms with Crippen molar-refractivity contribution in [2.45, 2.75) is 51.6 Å². The molecule has 0 aromatic carbocycles. The predicted octanol–water partition coefficient (Wildman–Crippen LogP) is 1.68. The van der Waals surface area contributed by atoms with Gasteiger partial charge in [0.2, 0.25) is 10.0 Å². The normalized spacial score (nSPS) is 12.3. The molecule has 0 atom stereocenters. The van der Waals surface area contributed by atoms with Crippen LogP contribution in [0.1, 0.15) is 39.3 Å². The van der Waals surface area contributed by atoms with Crippen molar-refractivity contribution in [1.82, 2.24) is 9.29 Å². The molecule has 0 unspecified atom stereocenters. The molecule has 5 nitrogen and oxygen atoms in total. The molecule has 0 aliphatic heterocycles. The lowest BCUT2D eigenvalue weighted by molar-refractivity contribution is 0.479. The van der Waals surface area contributed by atoms with Crippen LogP contribution in [0.4, 0.5) is 0 Å². The Bertz CT molecular complexity index is 468. The minimum absolute atomic E-state index is 0.306. The van der Waals surface area contributed by atoms with Crippen LogP contribution in [0, 0.1) is 5.92 Å². The summed E-state index contributed by atoms with van der Waals surface area (Å²) in [6.45, 7) is 7.66. The number of nitrogens with one attached hydrogen (secondary N) is 1. The first-order valence-electron chi connectivity index (χ1n) is 6.87. The van der Waals surface area contributed by atoms with E-state index in [4.69, 9.17) is 5.73 Å². The molecule has 3 N–H and O–H groups in total. The molecule has 1 rings (SSSR count). The molecule has 1 aromatic heterocycles. The van der Waals surface area contributed by atoms with Crippen LogP contribution in [0.25, 0.3) is 0 Å². The van der Waals surface area contributed by atoms with Crippen LogP contribution in [0.3, 0.4) is 0 Å². The second kappa shape index (κ2) is 7.07. The van der Waals surface area contributed by atoms with Gasteiger partial charge in [-0.3, -0.25) is 0 Å². The molecule has 19 heavy (non-hydrogen) atoms. The summed E-state index contributed by atoms with van der Waals surface area (Å²) in [6, 6.07) is 1.65. The van der Waals surface area contributed by atoms with Crippen molar-refractivity contribution in [2.75, 3.05) is 6.54 Å². The molecule has 1 aromatic rings. The second-order valence-electron chi connectivity index (χ2n) is 4.69. The molecule has 0 spiro atoms. The number of rotatable bonds is 8. The van der Waals surface area contributed by atoms with E-state index in [2.05, 4.69) is 18.6 Å². The molecule has 0 saturated heterocycles. The van der Waals surface area contributed by atoms with Crippen molar-refractivity contribution < 1.29 is 8.42 Å². The fraction of sp³-hybridized carbons (Fsp3) is 0.692. The van der Waals surface area contributed by atoms with Crippen molar-refractivity contribution in [3.8, 4) is 0 Å². The third kappa shape index (κ3) is 4.06. The number of aromatic nitrogens is 1. The number of hydrogen-bond acceptors (Lipinski definition) is 3. The van der Waals surface area contributed by atoms with Crippen molar-refractivity contribution in [2.24, 2.45) is 11.7 Å². The predicted molar refractivity (Wildman–Crippen MR) is 77.3 cm³/mol. The summed E-state index contributed by atoms with van der Waals surface area (Å²) in [5.74, 6) is 0.386. The number of hydrogen-bond donors (Lipinski definition) is 2. The molecule has 6 heteroatoms. The van der Waals surface area contributed by atoms with Crippen LogP contribution < -0.4 is 10.5 Å². The van der Waals surface area contributed by atoms with Gasteiger partial charge in [0, 0.05) is 31.5 Å². The Hall–Kier alpha value is -0.850. The number of nitrogens with zero attached hydrogens (tertiary/aromatic N) is 1. The zero-order chi connectivity index (χ0) is 14.5. The molecular weight excluding hydrogens is 262 g/mol. The standard InChI is InChI=1S/C13H25N3O2S/c1-4-11(5-2)9-15-19(17,18)13-7-12(8-14)16(6-3)10-13/h7,10-11,15H,4-6,8-9,14H2,1-3H3. The summed E-state index contributed by atoms with van der Waals surface area (Å²) >= 11 is 0. The van der Waals surface area contributed by atoms with Crippen LogP contribution in [-0.2, 0) is 23.1 Å². The molecule has 0 saturated carbocycles. The third-order valence-corrected chi connectivity index (χ3v) is 4.93. The summed E-state index contributed by atoms with van der Waals surface area (Å²) in [6.07, 6.45) is 3.60. The Morgan fingerprint density at radius 1 is 1.32 bits per heavy atom. The SMILES string of the molecule is CCC(CC)CNS(=O)(=O)c1cc(CN)n(CC)c1. The average molecular weight is 287 g/mol. The highest BCUT2D eigenvalue weighted by Crippen LogP contribution is 2.15. The van der Waals surface area contributed by atoms with E-state index in [1.165, 1.54) is 0 Å². The van der Waals surface area contributed by atoms with E-state index in [9.17, 15) is 8.42 Å². The number of aryl methyl sites for hydroxylation is 1. The van der Waals surface area contributed by atoms with Crippen LogP contribution >= 0.6 is 0 Å². The summed E-state index contributed by atoms with van der Waals surface area (Å²) in [5.41, 5.74) is 6.45. The van der Waals surface area contributed by atoms with E-state index in [-0.39, 0.29) is 0 Å². The third-order valence-electron chi connectivity index (χ3n) is 3.54. The van der Waals surface area contributed by atoms with Gasteiger partial charge in [0.15, 0.2) is 0 Å². The first-order chi connectivity index (χ1) is 8.98.